The third-order valence-electron chi connectivity index (χ3n) is 3.92. The predicted molar refractivity (Wildman–Crippen MR) is 102 cm³/mol. The molecule has 2 N–H and O–H groups in total. The van der Waals surface area contributed by atoms with E-state index in [1.54, 1.807) is 24.3 Å². The molecule has 1 heterocycles. The highest BCUT2D eigenvalue weighted by Gasteiger charge is 2.12. The lowest BCUT2D eigenvalue weighted by Gasteiger charge is -2.10. The van der Waals surface area contributed by atoms with Gasteiger partial charge in [0.1, 0.15) is 5.82 Å². The highest BCUT2D eigenvalue weighted by atomic mass is 16.5. The average molecular weight is 365 g/mol. The average Bonchev–Trinajstić information content (AvgIpc) is 2.71. The minimum atomic E-state index is -0.391. The molecule has 2 amide bonds. The van der Waals surface area contributed by atoms with Gasteiger partial charge in [-0.1, -0.05) is 18.2 Å². The van der Waals surface area contributed by atoms with E-state index >= 15 is 0 Å². The summed E-state index contributed by atoms with van der Waals surface area (Å²) in [7, 11) is 3.01. The first-order valence-corrected chi connectivity index (χ1v) is 8.26. The molecule has 7 heteroatoms. The molecule has 138 valence electrons. The Balaban J connectivity index is 1.60. The van der Waals surface area contributed by atoms with Gasteiger partial charge >= 0.3 is 0 Å². The minimum absolute atomic E-state index is 0.179. The van der Waals surface area contributed by atoms with Crippen molar-refractivity contribution in [3.05, 3.63) is 60.2 Å². The number of nitrogens with zero attached hydrogens (tertiary/aromatic N) is 1. The Morgan fingerprint density at radius 1 is 0.963 bits per heavy atom. The minimum Gasteiger partial charge on any atom is -0.493 e. The van der Waals surface area contributed by atoms with Crippen LogP contribution >= 0.6 is 0 Å². The molecule has 0 aliphatic rings. The number of hydrogen-bond acceptors (Lipinski definition) is 5. The number of methoxy groups -OCH3 is 2. The Kier molecular flexibility index (Phi) is 5.51. The number of ether oxygens (including phenoxy) is 2. The molecule has 0 spiro atoms. The fourth-order valence-electron chi connectivity index (χ4n) is 2.56. The molecule has 0 aliphatic heterocycles. The molecule has 7 nitrogen and oxygen atoms in total. The molecule has 3 aromatic rings. The number of benzene rings is 2. The zero-order valence-electron chi connectivity index (χ0n) is 15.0. The van der Waals surface area contributed by atoms with Gasteiger partial charge in [-0.05, 0) is 36.4 Å². The van der Waals surface area contributed by atoms with E-state index < -0.39 is 5.91 Å². The summed E-state index contributed by atoms with van der Waals surface area (Å²) < 4.78 is 10.3. The van der Waals surface area contributed by atoms with Gasteiger partial charge in [0.25, 0.3) is 5.91 Å². The van der Waals surface area contributed by atoms with Crippen molar-refractivity contribution in [2.45, 2.75) is 0 Å². The molecule has 3 rings (SSSR count). The Morgan fingerprint density at radius 2 is 1.74 bits per heavy atom. The number of hydrogen-bond donors (Lipinski definition) is 2. The van der Waals surface area contributed by atoms with Gasteiger partial charge in [-0.2, -0.15) is 0 Å². The van der Waals surface area contributed by atoms with Crippen LogP contribution in [-0.4, -0.2) is 37.6 Å². The lowest BCUT2D eigenvalue weighted by molar-refractivity contribution is -0.115. The fraction of sp³-hybridized carbons (Fsp3) is 0.150. The molecule has 0 aliphatic carbocycles. The van der Waals surface area contributed by atoms with E-state index in [1.165, 1.54) is 14.2 Å². The normalized spacial score (nSPS) is 10.3. The van der Waals surface area contributed by atoms with Gasteiger partial charge in [0, 0.05) is 10.9 Å². The molecular weight excluding hydrogens is 346 g/mol. The van der Waals surface area contributed by atoms with Gasteiger partial charge in [-0.25, -0.2) is 4.98 Å². The number of fused-ring (bicyclic) bond motifs is 1. The number of nitrogens with one attached hydrogen (secondary N) is 2. The Hall–Kier alpha value is -3.61. The van der Waals surface area contributed by atoms with E-state index in [-0.39, 0.29) is 12.5 Å². The summed E-state index contributed by atoms with van der Waals surface area (Å²) >= 11 is 0. The van der Waals surface area contributed by atoms with Crippen molar-refractivity contribution < 1.29 is 19.1 Å². The largest absolute Gasteiger partial charge is 0.493 e. The number of rotatable bonds is 6. The summed E-state index contributed by atoms with van der Waals surface area (Å²) in [6, 6.07) is 16.0. The fourth-order valence-corrected chi connectivity index (χ4v) is 2.56. The highest BCUT2D eigenvalue weighted by Crippen LogP contribution is 2.27. The molecule has 2 aromatic carbocycles. The van der Waals surface area contributed by atoms with E-state index in [9.17, 15) is 9.59 Å². The second-order valence-electron chi connectivity index (χ2n) is 5.69. The third kappa shape index (κ3) is 4.33. The van der Waals surface area contributed by atoms with Crippen LogP contribution in [0.4, 0.5) is 5.82 Å². The molecule has 0 saturated heterocycles. The second-order valence-corrected chi connectivity index (χ2v) is 5.69. The number of para-hydroxylation sites is 1. The van der Waals surface area contributed by atoms with E-state index in [2.05, 4.69) is 15.6 Å². The maximum Gasteiger partial charge on any atom is 0.251 e. The van der Waals surface area contributed by atoms with Gasteiger partial charge in [-0.15, -0.1) is 0 Å². The third-order valence-corrected chi connectivity index (χ3v) is 3.92. The Bertz CT molecular complexity index is 988. The molecule has 0 fully saturated rings. The van der Waals surface area contributed by atoms with Crippen LogP contribution < -0.4 is 20.1 Å². The van der Waals surface area contributed by atoms with Crippen molar-refractivity contribution in [3.63, 3.8) is 0 Å². The van der Waals surface area contributed by atoms with E-state index in [0.717, 1.165) is 10.9 Å². The number of amides is 2. The van der Waals surface area contributed by atoms with Crippen molar-refractivity contribution in [2.24, 2.45) is 0 Å². The first-order valence-electron chi connectivity index (χ1n) is 8.26. The zero-order valence-corrected chi connectivity index (χ0v) is 15.0. The first-order chi connectivity index (χ1) is 13.1. The van der Waals surface area contributed by atoms with Crippen molar-refractivity contribution in [1.82, 2.24) is 10.3 Å². The lowest BCUT2D eigenvalue weighted by atomic mass is 10.2. The summed E-state index contributed by atoms with van der Waals surface area (Å²) in [6.07, 6.45) is 0. The predicted octanol–water partition coefficient (Wildman–Crippen LogP) is 2.62. The van der Waals surface area contributed by atoms with Crippen molar-refractivity contribution in [1.29, 1.82) is 0 Å². The van der Waals surface area contributed by atoms with Crippen molar-refractivity contribution >= 4 is 28.5 Å². The van der Waals surface area contributed by atoms with Crippen molar-refractivity contribution in [2.75, 3.05) is 26.1 Å². The van der Waals surface area contributed by atoms with Gasteiger partial charge in [-0.3, -0.25) is 9.59 Å². The number of carbonyl (C=O) groups excluding carboxylic acids is 2. The second kappa shape index (κ2) is 8.18. The van der Waals surface area contributed by atoms with Crippen LogP contribution in [0.5, 0.6) is 11.5 Å². The van der Waals surface area contributed by atoms with Crippen LogP contribution in [0.1, 0.15) is 10.4 Å². The summed E-state index contributed by atoms with van der Waals surface area (Å²) in [6.45, 7) is -0.179. The van der Waals surface area contributed by atoms with Crippen LogP contribution in [0.15, 0.2) is 54.6 Å². The Labute approximate surface area is 156 Å². The number of anilines is 1. The number of aromatic nitrogens is 1. The van der Waals surface area contributed by atoms with Crippen LogP contribution in [-0.2, 0) is 4.79 Å². The van der Waals surface area contributed by atoms with Crippen molar-refractivity contribution in [3.8, 4) is 11.5 Å². The number of carbonyl (C=O) groups is 2. The maximum atomic E-state index is 12.2. The summed E-state index contributed by atoms with van der Waals surface area (Å²) in [4.78, 5) is 28.7. The van der Waals surface area contributed by atoms with Crippen LogP contribution in [0, 0.1) is 0 Å². The SMILES string of the molecule is COc1ccc(C(=O)NCC(=O)Nc2ccc3ccccc3n2)cc1OC. The molecule has 1 aromatic heterocycles. The summed E-state index contributed by atoms with van der Waals surface area (Å²) in [5.74, 6) is 0.632. The topological polar surface area (TPSA) is 89.5 Å². The molecule has 0 saturated carbocycles. The van der Waals surface area contributed by atoms with Gasteiger partial charge in [0.2, 0.25) is 5.91 Å². The molecule has 0 atom stereocenters. The number of pyridine rings is 1. The monoisotopic (exact) mass is 365 g/mol. The molecule has 0 radical (unpaired) electrons. The van der Waals surface area contributed by atoms with E-state index in [0.29, 0.717) is 22.9 Å². The lowest BCUT2D eigenvalue weighted by Crippen LogP contribution is -2.33. The summed E-state index contributed by atoms with van der Waals surface area (Å²) in [5.41, 5.74) is 1.15. The summed E-state index contributed by atoms with van der Waals surface area (Å²) in [5, 5.41) is 6.23. The molecule has 0 bridgehead atoms. The molecule has 0 unspecified atom stereocenters. The van der Waals surface area contributed by atoms with E-state index in [4.69, 9.17) is 9.47 Å². The zero-order chi connectivity index (χ0) is 19.2. The first kappa shape index (κ1) is 18.2. The van der Waals surface area contributed by atoms with E-state index in [1.807, 2.05) is 30.3 Å². The van der Waals surface area contributed by atoms with Crippen LogP contribution in [0.2, 0.25) is 0 Å². The molecule has 27 heavy (non-hydrogen) atoms. The highest BCUT2D eigenvalue weighted by molar-refractivity contribution is 5.99. The smallest absolute Gasteiger partial charge is 0.251 e. The van der Waals surface area contributed by atoms with Gasteiger partial charge < -0.3 is 20.1 Å². The Morgan fingerprint density at radius 3 is 2.52 bits per heavy atom. The molecular formula is C20H19N3O4. The standard InChI is InChI=1S/C20H19N3O4/c1-26-16-9-7-14(11-17(16)27-2)20(25)21-12-19(24)23-18-10-8-13-5-3-4-6-15(13)22-18/h3-11H,12H2,1-2H3,(H,21,25)(H,22,23,24). The van der Waals surface area contributed by atoms with Gasteiger partial charge in [0.15, 0.2) is 11.5 Å². The maximum absolute atomic E-state index is 12.2. The quantitative estimate of drug-likeness (QED) is 0.701. The van der Waals surface area contributed by atoms with Crippen LogP contribution in [0.3, 0.4) is 0 Å². The van der Waals surface area contributed by atoms with Gasteiger partial charge in [0.05, 0.1) is 26.3 Å². The van der Waals surface area contributed by atoms with Crippen LogP contribution in [0.25, 0.3) is 10.9 Å².